The predicted molar refractivity (Wildman–Crippen MR) is 132 cm³/mol. The molecule has 1 heterocycles. The number of aliphatic imine (C=N–C) groups is 1. The van der Waals surface area contributed by atoms with E-state index < -0.39 is 12.7 Å². The Hall–Kier alpha value is -2.47. The van der Waals surface area contributed by atoms with Gasteiger partial charge in [0, 0.05) is 19.6 Å². The van der Waals surface area contributed by atoms with Gasteiger partial charge >= 0.3 is 6.61 Å². The van der Waals surface area contributed by atoms with Crippen LogP contribution in [0.3, 0.4) is 0 Å². The van der Waals surface area contributed by atoms with Crippen molar-refractivity contribution in [3.63, 3.8) is 0 Å². The Labute approximate surface area is 202 Å². The highest BCUT2D eigenvalue weighted by Crippen LogP contribution is 2.19. The van der Waals surface area contributed by atoms with Crippen LogP contribution >= 0.6 is 24.0 Å². The average molecular weight is 559 g/mol. The number of rotatable bonds is 9. The first kappa shape index (κ1) is 25.8. The summed E-state index contributed by atoms with van der Waals surface area (Å²) in [4.78, 5) is 9.00. The summed E-state index contributed by atoms with van der Waals surface area (Å²) < 4.78 is 31.0. The number of aryl methyl sites for hydroxylation is 1. The molecule has 1 unspecified atom stereocenters. The number of aliphatic hydroxyl groups excluding tert-OH is 1. The molecule has 1 aromatic heterocycles. The number of imidazole rings is 1. The minimum atomic E-state index is -2.88. The molecule has 32 heavy (non-hydrogen) atoms. The summed E-state index contributed by atoms with van der Waals surface area (Å²) in [7, 11) is 0. The number of alkyl halides is 2. The van der Waals surface area contributed by atoms with Crippen LogP contribution in [0.2, 0.25) is 0 Å². The van der Waals surface area contributed by atoms with Gasteiger partial charge in [-0.15, -0.1) is 24.0 Å². The van der Waals surface area contributed by atoms with Crippen molar-refractivity contribution in [2.24, 2.45) is 4.99 Å². The van der Waals surface area contributed by atoms with Crippen molar-refractivity contribution in [2.75, 3.05) is 19.6 Å². The van der Waals surface area contributed by atoms with Crippen molar-refractivity contribution >= 4 is 41.0 Å². The number of fused-ring (bicyclic) bond motifs is 1. The molecule has 10 heteroatoms. The van der Waals surface area contributed by atoms with Gasteiger partial charge in [-0.05, 0) is 43.7 Å². The fourth-order valence-corrected chi connectivity index (χ4v) is 3.26. The molecule has 0 aliphatic heterocycles. The molecule has 1 atom stereocenters. The molecule has 0 bridgehead atoms. The molecule has 0 radical (unpaired) electrons. The van der Waals surface area contributed by atoms with Gasteiger partial charge in [0.15, 0.2) is 5.96 Å². The van der Waals surface area contributed by atoms with Gasteiger partial charge in [-0.1, -0.05) is 24.3 Å². The standard InChI is InChI=1S/C22H27F2N5O2.HI/c1-3-25-22(26-12-13-29-15(2)28-18-6-4-5-7-19(18)29)27-14-20(30)16-8-10-17(11-9-16)31-21(23)24;/h4-11,20-21,30H,3,12-14H2,1-2H3,(H2,25,26,27);1H. The average Bonchev–Trinajstić information content (AvgIpc) is 3.07. The van der Waals surface area contributed by atoms with Crippen LogP contribution in [0.5, 0.6) is 5.75 Å². The molecule has 0 fully saturated rings. The van der Waals surface area contributed by atoms with Crippen molar-refractivity contribution in [1.29, 1.82) is 0 Å². The molecule has 0 aliphatic rings. The van der Waals surface area contributed by atoms with Crippen LogP contribution in [-0.2, 0) is 6.54 Å². The lowest BCUT2D eigenvalue weighted by atomic mass is 10.1. The normalized spacial score (nSPS) is 12.5. The molecule has 0 saturated carbocycles. The summed E-state index contributed by atoms with van der Waals surface area (Å²) in [6, 6.07) is 13.9. The first-order valence-electron chi connectivity index (χ1n) is 10.1. The zero-order chi connectivity index (χ0) is 22.2. The lowest BCUT2D eigenvalue weighted by molar-refractivity contribution is -0.0498. The van der Waals surface area contributed by atoms with E-state index in [2.05, 4.69) is 29.9 Å². The van der Waals surface area contributed by atoms with Gasteiger partial charge in [0.2, 0.25) is 0 Å². The smallest absolute Gasteiger partial charge is 0.387 e. The summed E-state index contributed by atoms with van der Waals surface area (Å²) in [6.45, 7) is 3.20. The van der Waals surface area contributed by atoms with Gasteiger partial charge in [-0.3, -0.25) is 4.99 Å². The van der Waals surface area contributed by atoms with Gasteiger partial charge in [0.1, 0.15) is 11.6 Å². The van der Waals surface area contributed by atoms with Gasteiger partial charge in [0.25, 0.3) is 0 Å². The third kappa shape index (κ3) is 7.02. The van der Waals surface area contributed by atoms with Crippen molar-refractivity contribution < 1.29 is 18.6 Å². The Balaban J connectivity index is 0.00000363. The number of para-hydroxylation sites is 2. The second kappa shape index (κ2) is 12.5. The number of nitrogens with one attached hydrogen (secondary N) is 2. The first-order valence-corrected chi connectivity index (χ1v) is 10.1. The molecule has 3 rings (SSSR count). The van der Waals surface area contributed by atoms with Crippen molar-refractivity contribution in [2.45, 2.75) is 33.1 Å². The molecular formula is C22H28F2IN5O2. The molecule has 3 N–H and O–H groups in total. The third-order valence-corrected chi connectivity index (χ3v) is 4.73. The van der Waals surface area contributed by atoms with Crippen molar-refractivity contribution in [3.8, 4) is 5.75 Å². The van der Waals surface area contributed by atoms with E-state index in [-0.39, 0.29) is 36.3 Å². The van der Waals surface area contributed by atoms with Gasteiger partial charge in [-0.25, -0.2) is 4.98 Å². The second-order valence-corrected chi connectivity index (χ2v) is 6.91. The van der Waals surface area contributed by atoms with Crippen LogP contribution in [0, 0.1) is 6.92 Å². The summed E-state index contributed by atoms with van der Waals surface area (Å²) >= 11 is 0. The van der Waals surface area contributed by atoms with E-state index in [9.17, 15) is 13.9 Å². The topological polar surface area (TPSA) is 83.7 Å². The summed E-state index contributed by atoms with van der Waals surface area (Å²) in [5.41, 5.74) is 2.62. The highest BCUT2D eigenvalue weighted by atomic mass is 127. The minimum absolute atomic E-state index is 0. The molecule has 0 aliphatic carbocycles. The maximum absolute atomic E-state index is 12.2. The lowest BCUT2D eigenvalue weighted by Gasteiger charge is -2.14. The number of nitrogens with zero attached hydrogens (tertiary/aromatic N) is 3. The zero-order valence-corrected chi connectivity index (χ0v) is 20.3. The van der Waals surface area contributed by atoms with E-state index in [0.29, 0.717) is 31.2 Å². The minimum Gasteiger partial charge on any atom is -0.435 e. The van der Waals surface area contributed by atoms with E-state index in [1.54, 1.807) is 12.1 Å². The number of aliphatic hydroxyl groups is 1. The molecule has 174 valence electrons. The largest absolute Gasteiger partial charge is 0.435 e. The molecular weight excluding hydrogens is 531 g/mol. The van der Waals surface area contributed by atoms with Crippen LogP contribution in [-0.4, -0.2) is 46.9 Å². The molecule has 0 amide bonds. The third-order valence-electron chi connectivity index (χ3n) is 4.73. The van der Waals surface area contributed by atoms with Crippen LogP contribution in [0.15, 0.2) is 53.5 Å². The van der Waals surface area contributed by atoms with Gasteiger partial charge in [0.05, 0.1) is 23.7 Å². The maximum Gasteiger partial charge on any atom is 0.387 e. The highest BCUT2D eigenvalue weighted by molar-refractivity contribution is 14.0. The maximum atomic E-state index is 12.2. The Morgan fingerprint density at radius 3 is 2.56 bits per heavy atom. The number of ether oxygens (including phenoxy) is 1. The van der Waals surface area contributed by atoms with Crippen LogP contribution in [0.4, 0.5) is 8.78 Å². The van der Waals surface area contributed by atoms with Crippen LogP contribution < -0.4 is 15.4 Å². The number of hydrogen-bond acceptors (Lipinski definition) is 4. The number of guanidine groups is 1. The molecule has 0 saturated heterocycles. The summed E-state index contributed by atoms with van der Waals surface area (Å²) in [6.07, 6.45) is -0.865. The molecule has 2 aromatic carbocycles. The number of benzene rings is 2. The second-order valence-electron chi connectivity index (χ2n) is 6.91. The quantitative estimate of drug-likeness (QED) is 0.211. The van der Waals surface area contributed by atoms with E-state index in [4.69, 9.17) is 0 Å². The van der Waals surface area contributed by atoms with E-state index in [1.807, 2.05) is 38.1 Å². The Morgan fingerprint density at radius 2 is 1.88 bits per heavy atom. The highest BCUT2D eigenvalue weighted by Gasteiger charge is 2.10. The molecule has 0 spiro atoms. The first-order chi connectivity index (χ1) is 15.0. The molecule has 7 nitrogen and oxygen atoms in total. The zero-order valence-electron chi connectivity index (χ0n) is 18.0. The number of aromatic nitrogens is 2. The monoisotopic (exact) mass is 559 g/mol. The summed E-state index contributed by atoms with van der Waals surface area (Å²) in [5, 5.41) is 16.8. The number of hydrogen-bond donors (Lipinski definition) is 3. The Kier molecular flexibility index (Phi) is 10.1. The lowest BCUT2D eigenvalue weighted by Crippen LogP contribution is -2.39. The predicted octanol–water partition coefficient (Wildman–Crippen LogP) is 3.85. The Morgan fingerprint density at radius 1 is 1.16 bits per heavy atom. The van der Waals surface area contributed by atoms with E-state index in [0.717, 1.165) is 16.9 Å². The van der Waals surface area contributed by atoms with Gasteiger partial charge in [-0.2, -0.15) is 8.78 Å². The van der Waals surface area contributed by atoms with Crippen LogP contribution in [0.25, 0.3) is 11.0 Å². The van der Waals surface area contributed by atoms with E-state index in [1.165, 1.54) is 12.1 Å². The SMILES string of the molecule is CCNC(=NCC(O)c1ccc(OC(F)F)cc1)NCCn1c(C)nc2ccccc21.I. The van der Waals surface area contributed by atoms with Crippen molar-refractivity contribution in [1.82, 2.24) is 20.2 Å². The fraction of sp³-hybridized carbons (Fsp3) is 0.364. The van der Waals surface area contributed by atoms with Gasteiger partial charge < -0.3 is 25.0 Å². The fourth-order valence-electron chi connectivity index (χ4n) is 3.26. The van der Waals surface area contributed by atoms with Crippen LogP contribution in [0.1, 0.15) is 24.4 Å². The summed E-state index contributed by atoms with van der Waals surface area (Å²) in [5.74, 6) is 1.58. The van der Waals surface area contributed by atoms with E-state index >= 15 is 0 Å². The van der Waals surface area contributed by atoms with Crippen molar-refractivity contribution in [3.05, 3.63) is 59.9 Å². The Bertz CT molecular complexity index is 1010. The number of halogens is 3. The molecule has 3 aromatic rings.